The molecule has 31 heavy (non-hydrogen) atoms. The van der Waals surface area contributed by atoms with E-state index >= 15 is 0 Å². The quantitative estimate of drug-likeness (QED) is 0.228. The zero-order valence-electron chi connectivity index (χ0n) is 17.7. The average Bonchev–Trinajstić information content (AvgIpc) is 3.01. The van der Waals surface area contributed by atoms with Crippen LogP contribution in [0.5, 0.6) is 0 Å². The summed E-state index contributed by atoms with van der Waals surface area (Å²) in [6.07, 6.45) is 12.2. The van der Waals surface area contributed by atoms with Crippen molar-refractivity contribution in [3.63, 3.8) is 0 Å². The van der Waals surface area contributed by atoms with Gasteiger partial charge in [-0.2, -0.15) is 0 Å². The van der Waals surface area contributed by atoms with E-state index in [1.807, 2.05) is 44.2 Å². The van der Waals surface area contributed by atoms with Gasteiger partial charge in [-0.25, -0.2) is 0 Å². The van der Waals surface area contributed by atoms with Crippen molar-refractivity contribution in [1.82, 2.24) is 5.32 Å². The predicted molar refractivity (Wildman–Crippen MR) is 120 cm³/mol. The molecule has 0 fully saturated rings. The molecule has 1 aliphatic rings. The lowest BCUT2D eigenvalue weighted by atomic mass is 10.2. The maximum atomic E-state index is 11.8. The summed E-state index contributed by atoms with van der Waals surface area (Å²) in [5, 5.41) is 20.7. The van der Waals surface area contributed by atoms with Gasteiger partial charge in [0.15, 0.2) is 6.61 Å². The fourth-order valence-electron chi connectivity index (χ4n) is 2.57. The molecule has 0 radical (unpaired) electrons. The summed E-state index contributed by atoms with van der Waals surface area (Å²) in [4.78, 5) is 27.6. The number of hydrogen-bond donors (Lipinski definition) is 2. The van der Waals surface area contributed by atoms with Gasteiger partial charge in [-0.15, -0.1) is 0 Å². The lowest BCUT2D eigenvalue weighted by molar-refractivity contribution is -0.384. The maximum absolute atomic E-state index is 11.8. The topological polar surface area (TPSA) is 115 Å². The largest absolute Gasteiger partial charge is 0.386 e. The van der Waals surface area contributed by atoms with Crippen LogP contribution < -0.4 is 10.6 Å². The highest BCUT2D eigenvalue weighted by Crippen LogP contribution is 2.25. The van der Waals surface area contributed by atoms with Crippen LogP contribution in [0.4, 0.5) is 11.4 Å². The molecule has 2 rings (SSSR count). The smallest absolute Gasteiger partial charge is 0.292 e. The van der Waals surface area contributed by atoms with Crippen molar-refractivity contribution >= 4 is 23.5 Å². The molecule has 0 aromatic heterocycles. The van der Waals surface area contributed by atoms with E-state index in [9.17, 15) is 14.9 Å². The SMILES string of the molecule is CC(C)OCc1ccc([N+](=O)[O-])c(NCCNC(=O)CO/N=C\C2=CCC=CC=C2)c1. The highest BCUT2D eigenvalue weighted by Gasteiger charge is 2.14. The molecule has 0 unspecified atom stereocenters. The van der Waals surface area contributed by atoms with Crippen molar-refractivity contribution in [2.24, 2.45) is 5.16 Å². The summed E-state index contributed by atoms with van der Waals surface area (Å²) in [5.41, 5.74) is 2.07. The van der Waals surface area contributed by atoms with Crippen LogP contribution in [0.25, 0.3) is 0 Å². The van der Waals surface area contributed by atoms with Gasteiger partial charge < -0.3 is 20.2 Å². The molecule has 1 aromatic rings. The van der Waals surface area contributed by atoms with Gasteiger partial charge in [0.25, 0.3) is 11.6 Å². The van der Waals surface area contributed by atoms with Crippen LogP contribution in [0.15, 0.2) is 59.3 Å². The monoisotopic (exact) mass is 428 g/mol. The molecule has 0 atom stereocenters. The lowest BCUT2D eigenvalue weighted by Crippen LogP contribution is -2.31. The van der Waals surface area contributed by atoms with Crippen molar-refractivity contribution in [3.05, 3.63) is 69.8 Å². The summed E-state index contributed by atoms with van der Waals surface area (Å²) in [7, 11) is 0. The van der Waals surface area contributed by atoms with Crippen LogP contribution in [-0.4, -0.2) is 42.8 Å². The van der Waals surface area contributed by atoms with Gasteiger partial charge >= 0.3 is 0 Å². The molecule has 1 amide bonds. The molecule has 9 heteroatoms. The van der Waals surface area contributed by atoms with E-state index < -0.39 is 4.92 Å². The van der Waals surface area contributed by atoms with E-state index in [1.54, 1.807) is 18.3 Å². The van der Waals surface area contributed by atoms with Gasteiger partial charge in [0.2, 0.25) is 0 Å². The summed E-state index contributed by atoms with van der Waals surface area (Å²) in [5.74, 6) is -0.334. The molecular formula is C22H28N4O5. The number of allylic oxidation sites excluding steroid dienone is 6. The van der Waals surface area contributed by atoms with Crippen LogP contribution in [-0.2, 0) is 21.0 Å². The number of benzene rings is 1. The van der Waals surface area contributed by atoms with Crippen molar-refractivity contribution < 1.29 is 19.3 Å². The number of carbonyl (C=O) groups is 1. The van der Waals surface area contributed by atoms with Crippen LogP contribution >= 0.6 is 0 Å². The minimum atomic E-state index is -0.450. The first-order valence-corrected chi connectivity index (χ1v) is 10.0. The zero-order valence-corrected chi connectivity index (χ0v) is 17.7. The summed E-state index contributed by atoms with van der Waals surface area (Å²) in [6.45, 7) is 4.58. The Morgan fingerprint density at radius 2 is 2.16 bits per heavy atom. The Balaban J connectivity index is 1.74. The number of anilines is 1. The molecule has 1 aromatic carbocycles. The van der Waals surface area contributed by atoms with E-state index in [0.29, 0.717) is 18.8 Å². The highest BCUT2D eigenvalue weighted by molar-refractivity contribution is 5.82. The first kappa shape index (κ1) is 23.8. The number of oxime groups is 1. The van der Waals surface area contributed by atoms with Crippen LogP contribution in [0.2, 0.25) is 0 Å². The summed E-state index contributed by atoms with van der Waals surface area (Å²) >= 11 is 0. The van der Waals surface area contributed by atoms with Crippen LogP contribution in [0.1, 0.15) is 25.8 Å². The van der Waals surface area contributed by atoms with E-state index in [1.165, 1.54) is 6.07 Å². The Bertz CT molecular complexity index is 875. The maximum Gasteiger partial charge on any atom is 0.292 e. The zero-order chi connectivity index (χ0) is 22.5. The molecule has 0 bridgehead atoms. The average molecular weight is 428 g/mol. The Morgan fingerprint density at radius 1 is 1.32 bits per heavy atom. The number of nitro benzene ring substituents is 1. The van der Waals surface area contributed by atoms with Crippen molar-refractivity contribution in [1.29, 1.82) is 0 Å². The molecule has 0 spiro atoms. The van der Waals surface area contributed by atoms with Crippen molar-refractivity contribution in [2.75, 3.05) is 25.0 Å². The van der Waals surface area contributed by atoms with E-state index in [0.717, 1.165) is 17.6 Å². The number of ether oxygens (including phenoxy) is 1. The summed E-state index contributed by atoms with van der Waals surface area (Å²) in [6, 6.07) is 4.80. The summed E-state index contributed by atoms with van der Waals surface area (Å²) < 4.78 is 5.54. The fraction of sp³-hybridized carbons (Fsp3) is 0.364. The molecule has 166 valence electrons. The number of nitrogens with zero attached hydrogens (tertiary/aromatic N) is 2. The van der Waals surface area contributed by atoms with E-state index in [2.05, 4.69) is 15.8 Å². The second kappa shape index (κ2) is 13.0. The number of amides is 1. The van der Waals surface area contributed by atoms with Gasteiger partial charge in [-0.3, -0.25) is 14.9 Å². The van der Waals surface area contributed by atoms with Gasteiger partial charge in [-0.1, -0.05) is 35.5 Å². The molecule has 1 aliphatic carbocycles. The first-order chi connectivity index (χ1) is 15.0. The van der Waals surface area contributed by atoms with Gasteiger partial charge in [0.05, 0.1) is 23.8 Å². The number of carbonyl (C=O) groups excluding carboxylic acids is 1. The molecular weight excluding hydrogens is 400 g/mol. The predicted octanol–water partition coefficient (Wildman–Crippen LogP) is 3.49. The van der Waals surface area contributed by atoms with Crippen molar-refractivity contribution in [3.8, 4) is 0 Å². The van der Waals surface area contributed by atoms with Gasteiger partial charge in [0.1, 0.15) is 5.69 Å². The third-order valence-electron chi connectivity index (χ3n) is 4.10. The van der Waals surface area contributed by atoms with Gasteiger partial charge in [0, 0.05) is 19.2 Å². The minimum Gasteiger partial charge on any atom is -0.386 e. The normalized spacial score (nSPS) is 13.2. The minimum absolute atomic E-state index is 0.0330. The fourth-order valence-corrected chi connectivity index (χ4v) is 2.57. The standard InChI is InChI=1S/C22H28N4O5/c1-17(2)30-15-19-9-10-21(26(28)29)20(13-19)23-11-12-24-22(27)16-31-25-14-18-7-5-3-4-6-8-18/h3-5,7-10,13-14,17,23H,6,11-12,15-16H2,1-2H3,(H,24,27)/b25-14-. The third kappa shape index (κ3) is 9.26. The Labute approximate surface area is 181 Å². The van der Waals surface area contributed by atoms with E-state index in [4.69, 9.17) is 9.57 Å². The molecule has 2 N–H and O–H groups in total. The van der Waals surface area contributed by atoms with Crippen molar-refractivity contribution in [2.45, 2.75) is 33.0 Å². The Morgan fingerprint density at radius 3 is 2.94 bits per heavy atom. The number of hydrogen-bond acceptors (Lipinski definition) is 7. The number of nitro groups is 1. The molecule has 0 aliphatic heterocycles. The second-order valence-corrected chi connectivity index (χ2v) is 6.98. The third-order valence-corrected chi connectivity index (χ3v) is 4.10. The Kier molecular flexibility index (Phi) is 9.96. The molecule has 0 saturated carbocycles. The van der Waals surface area contributed by atoms with Crippen LogP contribution in [0, 0.1) is 10.1 Å². The Hall–Kier alpha value is -3.46. The lowest BCUT2D eigenvalue weighted by Gasteiger charge is -2.11. The highest BCUT2D eigenvalue weighted by atomic mass is 16.6. The first-order valence-electron chi connectivity index (χ1n) is 10.0. The van der Waals surface area contributed by atoms with E-state index in [-0.39, 0.29) is 30.9 Å². The number of rotatable bonds is 12. The second-order valence-electron chi connectivity index (χ2n) is 6.98. The van der Waals surface area contributed by atoms with Gasteiger partial charge in [-0.05, 0) is 43.5 Å². The molecule has 0 heterocycles. The number of nitrogens with one attached hydrogen (secondary N) is 2. The molecule has 9 nitrogen and oxygen atoms in total. The van der Waals surface area contributed by atoms with Crippen LogP contribution in [0.3, 0.4) is 0 Å². The molecule has 0 saturated heterocycles.